The highest BCUT2D eigenvalue weighted by atomic mass is 19.4. The maximum atomic E-state index is 11.9. The van der Waals surface area contributed by atoms with Gasteiger partial charge in [-0.15, -0.1) is 0 Å². The van der Waals surface area contributed by atoms with Crippen LogP contribution >= 0.6 is 0 Å². The molecule has 0 aliphatic heterocycles. The number of halogens is 3. The van der Waals surface area contributed by atoms with Gasteiger partial charge < -0.3 is 15.6 Å². The molecule has 0 aromatic rings. The normalized spacial score (nSPS) is 16.7. The van der Waals surface area contributed by atoms with Crippen LogP contribution in [-0.2, 0) is 4.74 Å². The zero-order valence-electron chi connectivity index (χ0n) is 8.05. The van der Waals surface area contributed by atoms with Crippen molar-refractivity contribution in [2.45, 2.75) is 38.1 Å². The molecular formula is C8H16F3NO2. The molecule has 0 aliphatic carbocycles. The van der Waals surface area contributed by atoms with E-state index in [9.17, 15) is 13.2 Å². The smallest absolute Gasteiger partial charge is 0.382 e. The summed E-state index contributed by atoms with van der Waals surface area (Å²) in [6.45, 7) is 2.03. The molecule has 86 valence electrons. The Morgan fingerprint density at radius 3 is 2.43 bits per heavy atom. The number of alkyl halides is 3. The highest BCUT2D eigenvalue weighted by molar-refractivity contribution is 4.77. The zero-order valence-corrected chi connectivity index (χ0v) is 8.05. The van der Waals surface area contributed by atoms with Gasteiger partial charge in [-0.05, 0) is 6.42 Å². The third-order valence-corrected chi connectivity index (χ3v) is 1.69. The van der Waals surface area contributed by atoms with Gasteiger partial charge in [0.25, 0.3) is 0 Å². The lowest BCUT2D eigenvalue weighted by Gasteiger charge is -2.21. The summed E-state index contributed by atoms with van der Waals surface area (Å²) < 4.78 is 40.5. The van der Waals surface area contributed by atoms with Crippen molar-refractivity contribution in [3.05, 3.63) is 0 Å². The summed E-state index contributed by atoms with van der Waals surface area (Å²) in [5, 5.41) is 8.68. The number of unbranched alkanes of at least 4 members (excludes halogenated alkanes) is 1. The van der Waals surface area contributed by atoms with E-state index in [1.165, 1.54) is 0 Å². The minimum atomic E-state index is -4.67. The van der Waals surface area contributed by atoms with E-state index in [0.29, 0.717) is 6.61 Å². The fourth-order valence-electron chi connectivity index (χ4n) is 0.800. The molecule has 0 aromatic heterocycles. The van der Waals surface area contributed by atoms with Gasteiger partial charge in [-0.2, -0.15) is 13.2 Å². The predicted octanol–water partition coefficient (Wildman–Crippen LogP) is 1.05. The highest BCUT2D eigenvalue weighted by Gasteiger charge is 2.42. The van der Waals surface area contributed by atoms with Crippen molar-refractivity contribution < 1.29 is 23.0 Å². The molecule has 14 heavy (non-hydrogen) atoms. The number of hydrogen-bond donors (Lipinski definition) is 2. The Morgan fingerprint density at radius 2 is 2.00 bits per heavy atom. The van der Waals surface area contributed by atoms with E-state index in [1.807, 2.05) is 6.92 Å². The topological polar surface area (TPSA) is 55.5 Å². The standard InChI is InChI=1S/C8H16F3NO2/c1-2-3-4-14-5-6(12)7(13)8(9,10)11/h6-7,13H,2-5,12H2,1H3/t6-,7-/m1/s1. The predicted molar refractivity (Wildman–Crippen MR) is 45.8 cm³/mol. The molecule has 0 fully saturated rings. The molecule has 0 amide bonds. The van der Waals surface area contributed by atoms with Crippen molar-refractivity contribution in [1.29, 1.82) is 0 Å². The lowest BCUT2D eigenvalue weighted by atomic mass is 10.2. The third kappa shape index (κ3) is 5.41. The summed E-state index contributed by atoms with van der Waals surface area (Å²) in [5.74, 6) is 0. The Hall–Kier alpha value is -0.330. The van der Waals surface area contributed by atoms with Crippen LogP contribution in [0.15, 0.2) is 0 Å². The first-order valence-electron chi connectivity index (χ1n) is 4.47. The maximum absolute atomic E-state index is 11.9. The van der Waals surface area contributed by atoms with Crippen molar-refractivity contribution in [2.75, 3.05) is 13.2 Å². The quantitative estimate of drug-likeness (QED) is 0.651. The van der Waals surface area contributed by atoms with E-state index in [4.69, 9.17) is 15.6 Å². The number of nitrogens with two attached hydrogens (primary N) is 1. The Morgan fingerprint density at radius 1 is 1.43 bits per heavy atom. The average molecular weight is 215 g/mol. The van der Waals surface area contributed by atoms with E-state index in [-0.39, 0.29) is 6.61 Å². The van der Waals surface area contributed by atoms with Gasteiger partial charge in [-0.1, -0.05) is 13.3 Å². The van der Waals surface area contributed by atoms with Gasteiger partial charge in [0.2, 0.25) is 0 Å². The summed E-state index contributed by atoms with van der Waals surface area (Å²) in [4.78, 5) is 0. The molecule has 0 unspecified atom stereocenters. The molecule has 0 rings (SSSR count). The Kier molecular flexibility index (Phi) is 6.06. The molecule has 6 heteroatoms. The molecule has 3 N–H and O–H groups in total. The van der Waals surface area contributed by atoms with E-state index >= 15 is 0 Å². The van der Waals surface area contributed by atoms with Crippen LogP contribution in [-0.4, -0.2) is 36.6 Å². The number of aliphatic hydroxyl groups is 1. The summed E-state index contributed by atoms with van der Waals surface area (Å²) in [5.41, 5.74) is 5.09. The van der Waals surface area contributed by atoms with Crippen LogP contribution in [0.25, 0.3) is 0 Å². The molecule has 3 nitrogen and oxygen atoms in total. The molecule has 0 saturated carbocycles. The summed E-state index contributed by atoms with van der Waals surface area (Å²) in [6, 6.07) is -1.41. The van der Waals surface area contributed by atoms with E-state index in [0.717, 1.165) is 12.8 Å². The minimum absolute atomic E-state index is 0.277. The van der Waals surface area contributed by atoms with Crippen molar-refractivity contribution >= 4 is 0 Å². The van der Waals surface area contributed by atoms with Gasteiger partial charge in [0.1, 0.15) is 0 Å². The monoisotopic (exact) mass is 215 g/mol. The molecule has 0 aromatic carbocycles. The number of rotatable bonds is 6. The first-order valence-corrected chi connectivity index (χ1v) is 4.47. The molecular weight excluding hydrogens is 199 g/mol. The van der Waals surface area contributed by atoms with Gasteiger partial charge >= 0.3 is 6.18 Å². The minimum Gasteiger partial charge on any atom is -0.382 e. The molecule has 0 heterocycles. The van der Waals surface area contributed by atoms with Crippen LogP contribution in [0.2, 0.25) is 0 Å². The SMILES string of the molecule is CCCCOC[C@@H](N)[C@@H](O)C(F)(F)F. The van der Waals surface area contributed by atoms with Crippen molar-refractivity contribution in [1.82, 2.24) is 0 Å². The molecule has 0 saturated heterocycles. The van der Waals surface area contributed by atoms with Crippen molar-refractivity contribution in [2.24, 2.45) is 5.73 Å². The molecule has 0 radical (unpaired) electrons. The van der Waals surface area contributed by atoms with Crippen LogP contribution in [0.5, 0.6) is 0 Å². The fraction of sp³-hybridized carbons (Fsp3) is 1.00. The summed E-state index contributed by atoms with van der Waals surface area (Å²) >= 11 is 0. The average Bonchev–Trinajstić information content (AvgIpc) is 2.09. The van der Waals surface area contributed by atoms with E-state index in [1.54, 1.807) is 0 Å². The third-order valence-electron chi connectivity index (χ3n) is 1.69. The number of hydrogen-bond acceptors (Lipinski definition) is 3. The second-order valence-electron chi connectivity index (χ2n) is 3.08. The zero-order chi connectivity index (χ0) is 11.2. The lowest BCUT2D eigenvalue weighted by molar-refractivity contribution is -0.212. The summed E-state index contributed by atoms with van der Waals surface area (Å²) in [7, 11) is 0. The second kappa shape index (κ2) is 6.21. The molecule has 2 atom stereocenters. The van der Waals surface area contributed by atoms with Crippen LogP contribution in [0.3, 0.4) is 0 Å². The first kappa shape index (κ1) is 13.7. The van der Waals surface area contributed by atoms with Gasteiger partial charge in [0, 0.05) is 6.61 Å². The van der Waals surface area contributed by atoms with Crippen molar-refractivity contribution in [3.8, 4) is 0 Å². The van der Waals surface area contributed by atoms with Crippen LogP contribution in [0, 0.1) is 0 Å². The lowest BCUT2D eigenvalue weighted by Crippen LogP contribution is -2.47. The molecule has 0 aliphatic rings. The van der Waals surface area contributed by atoms with Gasteiger partial charge in [-0.3, -0.25) is 0 Å². The van der Waals surface area contributed by atoms with Crippen molar-refractivity contribution in [3.63, 3.8) is 0 Å². The number of ether oxygens (including phenoxy) is 1. The van der Waals surface area contributed by atoms with Crippen LogP contribution < -0.4 is 5.73 Å². The fourth-order valence-corrected chi connectivity index (χ4v) is 0.800. The summed E-state index contributed by atoms with van der Waals surface area (Å²) in [6.07, 6.45) is -5.51. The van der Waals surface area contributed by atoms with Gasteiger partial charge in [0.05, 0.1) is 12.6 Å². The van der Waals surface area contributed by atoms with E-state index in [2.05, 4.69) is 0 Å². The largest absolute Gasteiger partial charge is 0.415 e. The van der Waals surface area contributed by atoms with E-state index < -0.39 is 18.3 Å². The van der Waals surface area contributed by atoms with Gasteiger partial charge in [0.15, 0.2) is 6.10 Å². The Labute approximate surface area is 81.0 Å². The van der Waals surface area contributed by atoms with Gasteiger partial charge in [-0.25, -0.2) is 0 Å². The molecule has 0 spiro atoms. The maximum Gasteiger partial charge on any atom is 0.415 e. The Balaban J connectivity index is 3.68. The second-order valence-corrected chi connectivity index (χ2v) is 3.08. The molecule has 0 bridgehead atoms. The first-order chi connectivity index (χ1) is 6.39. The number of aliphatic hydroxyl groups excluding tert-OH is 1. The Bertz CT molecular complexity index is 152. The highest BCUT2D eigenvalue weighted by Crippen LogP contribution is 2.21. The van der Waals surface area contributed by atoms with Crippen LogP contribution in [0.4, 0.5) is 13.2 Å². The van der Waals surface area contributed by atoms with Crippen LogP contribution in [0.1, 0.15) is 19.8 Å².